The molecule has 4 rings (SSSR count). The van der Waals surface area contributed by atoms with Crippen molar-refractivity contribution < 1.29 is 9.32 Å². The Balaban J connectivity index is 1.59. The summed E-state index contributed by atoms with van der Waals surface area (Å²) in [6, 6.07) is 10.1. The van der Waals surface area contributed by atoms with Gasteiger partial charge >= 0.3 is 0 Å². The third-order valence-electron chi connectivity index (χ3n) is 4.63. The topological polar surface area (TPSA) is 68.0 Å². The fourth-order valence-corrected chi connectivity index (χ4v) is 4.49. The summed E-state index contributed by atoms with van der Waals surface area (Å²) in [5.41, 5.74) is 3.13. The number of benzene rings is 1. The Bertz CT molecular complexity index is 991. The number of fused-ring (bicyclic) bond motifs is 2. The lowest BCUT2D eigenvalue weighted by Gasteiger charge is -2.25. The number of aromatic nitrogens is 2. The van der Waals surface area contributed by atoms with Gasteiger partial charge in [0.05, 0.1) is 22.7 Å². The van der Waals surface area contributed by atoms with Crippen LogP contribution in [0.25, 0.3) is 11.1 Å². The summed E-state index contributed by atoms with van der Waals surface area (Å²) < 4.78 is 5.33. The van der Waals surface area contributed by atoms with Gasteiger partial charge in [-0.1, -0.05) is 44.1 Å². The van der Waals surface area contributed by atoms with Gasteiger partial charge in [-0.3, -0.25) is 4.79 Å². The molecular formula is C21H23N3O2S. The smallest absolute Gasteiger partial charge is 0.257 e. The van der Waals surface area contributed by atoms with Crippen molar-refractivity contribution in [1.82, 2.24) is 15.5 Å². The first-order valence-electron chi connectivity index (χ1n) is 9.18. The van der Waals surface area contributed by atoms with Crippen LogP contribution in [0.4, 0.5) is 0 Å². The van der Waals surface area contributed by atoms with Crippen molar-refractivity contribution in [3.8, 4) is 0 Å². The number of thioether (sulfide) groups is 1. The maximum absolute atomic E-state index is 12.9. The van der Waals surface area contributed by atoms with E-state index in [-0.39, 0.29) is 17.4 Å². The van der Waals surface area contributed by atoms with Crippen molar-refractivity contribution in [2.75, 3.05) is 5.75 Å². The highest BCUT2D eigenvalue weighted by Gasteiger charge is 2.24. The molecule has 1 amide bonds. The Morgan fingerprint density at radius 2 is 2.15 bits per heavy atom. The molecule has 1 N–H and O–H groups in total. The molecule has 1 aliphatic rings. The van der Waals surface area contributed by atoms with Gasteiger partial charge in [0.15, 0.2) is 0 Å². The van der Waals surface area contributed by atoms with E-state index in [2.05, 4.69) is 48.4 Å². The van der Waals surface area contributed by atoms with Crippen molar-refractivity contribution in [2.24, 2.45) is 5.41 Å². The van der Waals surface area contributed by atoms with Crippen molar-refractivity contribution >= 4 is 28.8 Å². The Morgan fingerprint density at radius 1 is 1.33 bits per heavy atom. The second-order valence-electron chi connectivity index (χ2n) is 8.14. The maximum atomic E-state index is 12.9. The highest BCUT2D eigenvalue weighted by atomic mass is 32.2. The molecule has 0 saturated carbocycles. The van der Waals surface area contributed by atoms with Crippen LogP contribution < -0.4 is 5.32 Å². The van der Waals surface area contributed by atoms with Crippen LogP contribution >= 0.6 is 11.8 Å². The average Bonchev–Trinajstić information content (AvgIpc) is 3.02. The van der Waals surface area contributed by atoms with Crippen molar-refractivity contribution in [1.29, 1.82) is 0 Å². The minimum Gasteiger partial charge on any atom is -0.345 e. The standard InChI is InChI=1S/C21H23N3O2S/c1-21(2,3)11-17-15-10-13(12-22-20(15)26-24-17)19(25)23-16-8-9-27-18-7-5-4-6-14(16)18/h4-7,10,12,16H,8-9,11H2,1-3H3,(H,23,25)/t16-/m0/s1. The predicted molar refractivity (Wildman–Crippen MR) is 107 cm³/mol. The number of hydrogen-bond donors (Lipinski definition) is 1. The van der Waals surface area contributed by atoms with Gasteiger partial charge in [0.2, 0.25) is 0 Å². The zero-order valence-electron chi connectivity index (χ0n) is 15.8. The fraction of sp³-hybridized carbons (Fsp3) is 0.381. The van der Waals surface area contributed by atoms with Crippen molar-refractivity contribution in [2.45, 2.75) is 44.6 Å². The molecule has 0 saturated heterocycles. The normalized spacial score (nSPS) is 16.9. The lowest BCUT2D eigenvalue weighted by atomic mass is 9.90. The zero-order chi connectivity index (χ0) is 19.0. The maximum Gasteiger partial charge on any atom is 0.257 e. The number of hydrogen-bond acceptors (Lipinski definition) is 5. The highest BCUT2D eigenvalue weighted by Crippen LogP contribution is 2.36. The van der Waals surface area contributed by atoms with Crippen LogP contribution in [0.15, 0.2) is 45.9 Å². The lowest BCUT2D eigenvalue weighted by molar-refractivity contribution is 0.0935. The molecule has 1 atom stereocenters. The van der Waals surface area contributed by atoms with Crippen LogP contribution in [0.2, 0.25) is 0 Å². The molecule has 2 aromatic heterocycles. The number of carbonyl (C=O) groups excluding carboxylic acids is 1. The molecule has 3 heterocycles. The monoisotopic (exact) mass is 381 g/mol. The van der Waals surface area contributed by atoms with Crippen LogP contribution in [0.1, 0.15) is 54.8 Å². The van der Waals surface area contributed by atoms with E-state index in [0.717, 1.165) is 29.7 Å². The summed E-state index contributed by atoms with van der Waals surface area (Å²) in [7, 11) is 0. The molecule has 0 bridgehead atoms. The minimum absolute atomic E-state index is 0.0298. The minimum atomic E-state index is -0.112. The number of amides is 1. The first kappa shape index (κ1) is 18.0. The number of nitrogens with one attached hydrogen (secondary N) is 1. The molecule has 0 radical (unpaired) electrons. The van der Waals surface area contributed by atoms with E-state index in [1.807, 2.05) is 30.0 Å². The molecule has 5 nitrogen and oxygen atoms in total. The predicted octanol–water partition coefficient (Wildman–Crippen LogP) is 4.78. The van der Waals surface area contributed by atoms with Gasteiger partial charge in [-0.2, -0.15) is 0 Å². The first-order valence-corrected chi connectivity index (χ1v) is 10.2. The van der Waals surface area contributed by atoms with E-state index >= 15 is 0 Å². The van der Waals surface area contributed by atoms with E-state index < -0.39 is 0 Å². The molecule has 0 spiro atoms. The number of rotatable bonds is 3. The van der Waals surface area contributed by atoms with Crippen LogP contribution in [-0.4, -0.2) is 21.8 Å². The second-order valence-corrected chi connectivity index (χ2v) is 9.28. The van der Waals surface area contributed by atoms with Gasteiger partial charge in [-0.25, -0.2) is 4.98 Å². The molecule has 1 aromatic carbocycles. The molecule has 27 heavy (non-hydrogen) atoms. The first-order chi connectivity index (χ1) is 12.9. The molecule has 140 valence electrons. The van der Waals surface area contributed by atoms with Gasteiger partial charge in [0, 0.05) is 16.8 Å². The van der Waals surface area contributed by atoms with Gasteiger partial charge in [-0.05, 0) is 36.0 Å². The van der Waals surface area contributed by atoms with E-state index in [1.165, 1.54) is 10.5 Å². The number of pyridine rings is 1. The molecular weight excluding hydrogens is 358 g/mol. The zero-order valence-corrected chi connectivity index (χ0v) is 16.6. The number of carbonyl (C=O) groups is 1. The number of nitrogens with zero attached hydrogens (tertiary/aromatic N) is 2. The molecule has 3 aromatic rings. The average molecular weight is 382 g/mol. The summed E-state index contributed by atoms with van der Waals surface area (Å²) in [5, 5.41) is 8.14. The van der Waals surface area contributed by atoms with E-state index in [1.54, 1.807) is 6.20 Å². The van der Waals surface area contributed by atoms with Gasteiger partial charge in [-0.15, -0.1) is 11.8 Å². The third-order valence-corrected chi connectivity index (χ3v) is 5.75. The van der Waals surface area contributed by atoms with Crippen LogP contribution in [0.5, 0.6) is 0 Å². The largest absolute Gasteiger partial charge is 0.345 e. The summed E-state index contributed by atoms with van der Waals surface area (Å²) in [6.07, 6.45) is 3.25. The molecule has 1 aliphatic heterocycles. The summed E-state index contributed by atoms with van der Waals surface area (Å²) in [5.74, 6) is 0.889. The quantitative estimate of drug-likeness (QED) is 0.707. The molecule has 0 unspecified atom stereocenters. The van der Waals surface area contributed by atoms with Gasteiger partial charge in [0.1, 0.15) is 0 Å². The molecule has 0 aliphatic carbocycles. The Kier molecular flexibility index (Phi) is 4.68. The second kappa shape index (κ2) is 7.00. The van der Waals surface area contributed by atoms with E-state index in [9.17, 15) is 4.79 Å². The van der Waals surface area contributed by atoms with Crippen LogP contribution in [-0.2, 0) is 6.42 Å². The highest BCUT2D eigenvalue weighted by molar-refractivity contribution is 7.99. The SMILES string of the molecule is CC(C)(C)Cc1noc2ncc(C(=O)N[C@H]3CCSc4ccccc43)cc12. The Labute approximate surface area is 162 Å². The van der Waals surface area contributed by atoms with Gasteiger partial charge in [0.25, 0.3) is 11.6 Å². The molecule has 0 fully saturated rings. The third kappa shape index (κ3) is 3.86. The lowest BCUT2D eigenvalue weighted by Crippen LogP contribution is -2.30. The van der Waals surface area contributed by atoms with E-state index in [4.69, 9.17) is 4.52 Å². The van der Waals surface area contributed by atoms with Crippen LogP contribution in [0.3, 0.4) is 0 Å². The summed E-state index contributed by atoms with van der Waals surface area (Å²) in [6.45, 7) is 6.45. The fourth-order valence-electron chi connectivity index (χ4n) is 3.37. The van der Waals surface area contributed by atoms with Crippen molar-refractivity contribution in [3.63, 3.8) is 0 Å². The van der Waals surface area contributed by atoms with Crippen molar-refractivity contribution in [3.05, 3.63) is 53.3 Å². The summed E-state index contributed by atoms with van der Waals surface area (Å²) in [4.78, 5) is 18.4. The van der Waals surface area contributed by atoms with E-state index in [0.29, 0.717) is 11.3 Å². The Hall–Kier alpha value is -2.34. The Morgan fingerprint density at radius 3 is 2.96 bits per heavy atom. The molecule has 6 heteroatoms. The van der Waals surface area contributed by atoms with Crippen LogP contribution in [0, 0.1) is 5.41 Å². The summed E-state index contributed by atoms with van der Waals surface area (Å²) >= 11 is 1.84. The van der Waals surface area contributed by atoms with Gasteiger partial charge < -0.3 is 9.84 Å².